The summed E-state index contributed by atoms with van der Waals surface area (Å²) < 4.78 is 5.48. The third kappa shape index (κ3) is 5.89. The van der Waals surface area contributed by atoms with E-state index in [-0.39, 0.29) is 17.2 Å². The van der Waals surface area contributed by atoms with Crippen LogP contribution in [-0.2, 0) is 16.8 Å². The second kappa shape index (κ2) is 9.08. The molecule has 1 aliphatic rings. The Labute approximate surface area is 174 Å². The fraction of sp³-hybridized carbons (Fsp3) is 0.609. The lowest BCUT2D eigenvalue weighted by Crippen LogP contribution is -2.41. The molecule has 0 unspecified atom stereocenters. The van der Waals surface area contributed by atoms with Crippen LogP contribution >= 0.6 is 0 Å². The van der Waals surface area contributed by atoms with Crippen LogP contribution in [0.5, 0.6) is 0 Å². The van der Waals surface area contributed by atoms with Gasteiger partial charge in [-0.2, -0.15) is 4.98 Å². The van der Waals surface area contributed by atoms with E-state index in [1.165, 1.54) is 5.56 Å². The minimum absolute atomic E-state index is 0.115. The van der Waals surface area contributed by atoms with E-state index in [0.717, 1.165) is 38.0 Å². The first-order valence-corrected chi connectivity index (χ1v) is 10.7. The largest absolute Gasteiger partial charge is 0.356 e. The number of nitrogens with zero attached hydrogens (tertiary/aromatic N) is 3. The van der Waals surface area contributed by atoms with E-state index in [9.17, 15) is 4.79 Å². The molecule has 6 heteroatoms. The molecule has 0 spiro atoms. The fourth-order valence-electron chi connectivity index (χ4n) is 3.55. The predicted octanol–water partition coefficient (Wildman–Crippen LogP) is 4.02. The van der Waals surface area contributed by atoms with Gasteiger partial charge in [-0.05, 0) is 42.8 Å². The number of hydrogen-bond donors (Lipinski definition) is 1. The first-order chi connectivity index (χ1) is 13.7. The highest BCUT2D eigenvalue weighted by Gasteiger charge is 2.26. The Kier molecular flexibility index (Phi) is 6.73. The SMILES string of the molecule is CC(C)CNC(=O)C1CCN(Cc2nc(-c3ccc(C(C)(C)C)cc3)no2)CC1. The average molecular weight is 399 g/mol. The molecule has 1 N–H and O–H groups in total. The zero-order valence-electron chi connectivity index (χ0n) is 18.4. The van der Waals surface area contributed by atoms with Crippen LogP contribution in [0.1, 0.15) is 58.9 Å². The summed E-state index contributed by atoms with van der Waals surface area (Å²) in [6.07, 6.45) is 1.75. The van der Waals surface area contributed by atoms with Crippen molar-refractivity contribution in [3.8, 4) is 11.4 Å². The topological polar surface area (TPSA) is 71.3 Å². The quantitative estimate of drug-likeness (QED) is 0.796. The molecule has 158 valence electrons. The van der Waals surface area contributed by atoms with Crippen LogP contribution in [0.4, 0.5) is 0 Å². The molecular weight excluding hydrogens is 364 g/mol. The third-order valence-electron chi connectivity index (χ3n) is 5.48. The van der Waals surface area contributed by atoms with E-state index in [1.807, 2.05) is 0 Å². The lowest BCUT2D eigenvalue weighted by Gasteiger charge is -2.30. The number of amides is 1. The van der Waals surface area contributed by atoms with E-state index in [4.69, 9.17) is 4.52 Å². The van der Waals surface area contributed by atoms with Gasteiger partial charge in [-0.15, -0.1) is 0 Å². The van der Waals surface area contributed by atoms with Crippen molar-refractivity contribution in [2.75, 3.05) is 19.6 Å². The number of hydrogen-bond acceptors (Lipinski definition) is 5. The highest BCUT2D eigenvalue weighted by Crippen LogP contribution is 2.25. The Hall–Kier alpha value is -2.21. The van der Waals surface area contributed by atoms with Crippen molar-refractivity contribution in [1.82, 2.24) is 20.4 Å². The molecule has 1 aromatic heterocycles. The maximum atomic E-state index is 12.2. The van der Waals surface area contributed by atoms with E-state index in [0.29, 0.717) is 24.2 Å². The fourth-order valence-corrected chi connectivity index (χ4v) is 3.55. The monoisotopic (exact) mass is 398 g/mol. The van der Waals surface area contributed by atoms with Gasteiger partial charge in [0.2, 0.25) is 17.6 Å². The van der Waals surface area contributed by atoms with Crippen molar-refractivity contribution in [2.24, 2.45) is 11.8 Å². The highest BCUT2D eigenvalue weighted by molar-refractivity contribution is 5.78. The number of carbonyl (C=O) groups excluding carboxylic acids is 1. The predicted molar refractivity (Wildman–Crippen MR) is 114 cm³/mol. The van der Waals surface area contributed by atoms with Gasteiger partial charge < -0.3 is 9.84 Å². The van der Waals surface area contributed by atoms with Gasteiger partial charge in [0.05, 0.1) is 6.54 Å². The molecule has 1 aromatic carbocycles. The Morgan fingerprint density at radius 2 is 1.86 bits per heavy atom. The van der Waals surface area contributed by atoms with E-state index >= 15 is 0 Å². The normalized spacial score (nSPS) is 16.3. The van der Waals surface area contributed by atoms with Gasteiger partial charge in [-0.1, -0.05) is 64.0 Å². The summed E-state index contributed by atoms with van der Waals surface area (Å²) in [7, 11) is 0. The Morgan fingerprint density at radius 3 is 2.45 bits per heavy atom. The van der Waals surface area contributed by atoms with Gasteiger partial charge in [0, 0.05) is 18.0 Å². The van der Waals surface area contributed by atoms with Crippen molar-refractivity contribution < 1.29 is 9.32 Å². The number of nitrogens with one attached hydrogen (secondary N) is 1. The van der Waals surface area contributed by atoms with Gasteiger partial charge >= 0.3 is 0 Å². The second-order valence-corrected chi connectivity index (χ2v) is 9.53. The minimum Gasteiger partial charge on any atom is -0.356 e. The van der Waals surface area contributed by atoms with Gasteiger partial charge in [-0.3, -0.25) is 9.69 Å². The third-order valence-corrected chi connectivity index (χ3v) is 5.48. The Bertz CT molecular complexity index is 797. The van der Waals surface area contributed by atoms with Crippen LogP contribution in [0.25, 0.3) is 11.4 Å². The Morgan fingerprint density at radius 1 is 1.21 bits per heavy atom. The lowest BCUT2D eigenvalue weighted by molar-refractivity contribution is -0.126. The van der Waals surface area contributed by atoms with Crippen molar-refractivity contribution in [3.63, 3.8) is 0 Å². The zero-order chi connectivity index (χ0) is 21.0. The van der Waals surface area contributed by atoms with E-state index in [2.05, 4.69) is 79.2 Å². The van der Waals surface area contributed by atoms with Gasteiger partial charge in [0.15, 0.2) is 0 Å². The summed E-state index contributed by atoms with van der Waals surface area (Å²) in [6, 6.07) is 8.36. The number of likely N-dealkylation sites (tertiary alicyclic amines) is 1. The number of rotatable bonds is 6. The molecule has 0 aliphatic carbocycles. The maximum absolute atomic E-state index is 12.2. The molecule has 6 nitrogen and oxygen atoms in total. The molecule has 0 saturated carbocycles. The minimum atomic E-state index is 0.115. The molecule has 2 heterocycles. The molecule has 1 fully saturated rings. The van der Waals surface area contributed by atoms with Gasteiger partial charge in [0.1, 0.15) is 0 Å². The standard InChI is InChI=1S/C23H34N4O2/c1-16(2)14-24-22(28)18-10-12-27(13-11-18)15-20-25-21(26-29-20)17-6-8-19(9-7-17)23(3,4)5/h6-9,16,18H,10-15H2,1-5H3,(H,24,28). The molecule has 29 heavy (non-hydrogen) atoms. The number of aromatic nitrogens is 2. The van der Waals surface area contributed by atoms with E-state index in [1.54, 1.807) is 0 Å². The van der Waals surface area contributed by atoms with Crippen molar-refractivity contribution in [1.29, 1.82) is 0 Å². The second-order valence-electron chi connectivity index (χ2n) is 9.53. The molecule has 1 saturated heterocycles. The molecule has 1 amide bonds. The first-order valence-electron chi connectivity index (χ1n) is 10.7. The van der Waals surface area contributed by atoms with Crippen molar-refractivity contribution in [2.45, 2.75) is 59.4 Å². The van der Waals surface area contributed by atoms with Crippen LogP contribution in [-0.4, -0.2) is 40.6 Å². The zero-order valence-corrected chi connectivity index (χ0v) is 18.4. The van der Waals surface area contributed by atoms with Crippen LogP contribution in [0.15, 0.2) is 28.8 Å². The summed E-state index contributed by atoms with van der Waals surface area (Å²) >= 11 is 0. The molecule has 3 rings (SSSR count). The van der Waals surface area contributed by atoms with Crippen LogP contribution in [0.3, 0.4) is 0 Å². The van der Waals surface area contributed by atoms with Crippen LogP contribution in [0, 0.1) is 11.8 Å². The van der Waals surface area contributed by atoms with Crippen LogP contribution < -0.4 is 5.32 Å². The maximum Gasteiger partial charge on any atom is 0.241 e. The van der Waals surface area contributed by atoms with E-state index < -0.39 is 0 Å². The average Bonchev–Trinajstić information content (AvgIpc) is 3.14. The van der Waals surface area contributed by atoms with Crippen molar-refractivity contribution in [3.05, 3.63) is 35.7 Å². The number of piperidine rings is 1. The lowest BCUT2D eigenvalue weighted by atomic mass is 9.87. The smallest absolute Gasteiger partial charge is 0.241 e. The molecule has 0 radical (unpaired) electrons. The summed E-state index contributed by atoms with van der Waals surface area (Å²) in [6.45, 7) is 14.0. The first kappa shape index (κ1) is 21.5. The van der Waals surface area contributed by atoms with Crippen LogP contribution in [0.2, 0.25) is 0 Å². The summed E-state index contributed by atoms with van der Waals surface area (Å²) in [4.78, 5) is 19.1. The van der Waals surface area contributed by atoms with Crippen molar-refractivity contribution >= 4 is 5.91 Å². The highest BCUT2D eigenvalue weighted by atomic mass is 16.5. The Balaban J connectivity index is 1.52. The van der Waals surface area contributed by atoms with Gasteiger partial charge in [0.25, 0.3) is 0 Å². The summed E-state index contributed by atoms with van der Waals surface area (Å²) in [5.41, 5.74) is 2.37. The molecule has 0 atom stereocenters. The summed E-state index contributed by atoms with van der Waals surface area (Å²) in [5.74, 6) is 2.04. The molecule has 2 aromatic rings. The number of benzene rings is 1. The molecule has 0 bridgehead atoms. The summed E-state index contributed by atoms with van der Waals surface area (Å²) in [5, 5.41) is 7.20. The number of carbonyl (C=O) groups is 1. The van der Waals surface area contributed by atoms with Gasteiger partial charge in [-0.25, -0.2) is 0 Å². The molecular formula is C23H34N4O2. The molecule has 1 aliphatic heterocycles.